The van der Waals surface area contributed by atoms with Gasteiger partial charge in [0.15, 0.2) is 0 Å². The zero-order valence-electron chi connectivity index (χ0n) is 14.3. The van der Waals surface area contributed by atoms with E-state index in [0.29, 0.717) is 10.8 Å². The molecule has 0 spiro atoms. The third kappa shape index (κ3) is 25.9. The molecule has 0 amide bonds. The predicted molar refractivity (Wildman–Crippen MR) is 82.5 cm³/mol. The van der Waals surface area contributed by atoms with Gasteiger partial charge in [-0.25, -0.2) is 0 Å². The van der Waals surface area contributed by atoms with Crippen LogP contribution in [-0.4, -0.2) is 0 Å². The molecule has 0 aliphatic heterocycles. The van der Waals surface area contributed by atoms with Crippen LogP contribution in [0.15, 0.2) is 0 Å². The minimum absolute atomic E-state index is 0.500. The van der Waals surface area contributed by atoms with Crippen LogP contribution >= 0.6 is 0 Å². The van der Waals surface area contributed by atoms with E-state index in [0.717, 1.165) is 5.41 Å². The molecule has 0 saturated heterocycles. The van der Waals surface area contributed by atoms with Gasteiger partial charge in [-0.2, -0.15) is 0 Å². The Morgan fingerprint density at radius 1 is 0.824 bits per heavy atom. The van der Waals surface area contributed by atoms with E-state index in [4.69, 9.17) is 0 Å². The highest BCUT2D eigenvalue weighted by Gasteiger charge is 2.24. The molecule has 1 aliphatic carbocycles. The molecule has 0 radical (unpaired) electrons. The van der Waals surface area contributed by atoms with Gasteiger partial charge in [-0.05, 0) is 29.1 Å². The molecular formula is C17H38. The van der Waals surface area contributed by atoms with Crippen molar-refractivity contribution in [1.82, 2.24) is 0 Å². The molecule has 1 saturated carbocycles. The maximum Gasteiger partial charge on any atom is -0.0354 e. The molecule has 1 rings (SSSR count). The SMILES string of the molecule is CC(C)(C)C.CC1(C)CCC1.CCC(C)(C)C. The monoisotopic (exact) mass is 242 g/mol. The highest BCUT2D eigenvalue weighted by atomic mass is 14.3. The maximum atomic E-state index is 2.33. The zero-order chi connectivity index (χ0) is 14.3. The quantitative estimate of drug-likeness (QED) is 0.444. The molecule has 17 heavy (non-hydrogen) atoms. The van der Waals surface area contributed by atoms with Crippen molar-refractivity contribution in [3.63, 3.8) is 0 Å². The van der Waals surface area contributed by atoms with Crippen molar-refractivity contribution in [3.8, 4) is 0 Å². The van der Waals surface area contributed by atoms with Crippen molar-refractivity contribution in [1.29, 1.82) is 0 Å². The van der Waals surface area contributed by atoms with Crippen LogP contribution in [0.4, 0.5) is 0 Å². The highest BCUT2D eigenvalue weighted by molar-refractivity contribution is 4.77. The normalized spacial score (nSPS) is 18.0. The van der Waals surface area contributed by atoms with Crippen molar-refractivity contribution < 1.29 is 0 Å². The summed E-state index contributed by atoms with van der Waals surface area (Å²) in [6.45, 7) is 22.3. The van der Waals surface area contributed by atoms with Crippen molar-refractivity contribution in [2.75, 3.05) is 0 Å². The minimum Gasteiger partial charge on any atom is -0.0649 e. The smallest absolute Gasteiger partial charge is 0.0354 e. The van der Waals surface area contributed by atoms with Crippen LogP contribution in [0.5, 0.6) is 0 Å². The summed E-state index contributed by atoms with van der Waals surface area (Å²) in [7, 11) is 0. The molecule has 1 fully saturated rings. The molecule has 0 heteroatoms. The van der Waals surface area contributed by atoms with E-state index in [-0.39, 0.29) is 0 Å². The lowest BCUT2D eigenvalue weighted by Crippen LogP contribution is -2.20. The second-order valence-electron chi connectivity index (χ2n) is 8.93. The van der Waals surface area contributed by atoms with Crippen molar-refractivity contribution in [2.45, 2.75) is 94.9 Å². The van der Waals surface area contributed by atoms with E-state index in [1.807, 2.05) is 0 Å². The fourth-order valence-corrected chi connectivity index (χ4v) is 0.884. The molecule has 0 bridgehead atoms. The van der Waals surface area contributed by atoms with Gasteiger partial charge in [-0.15, -0.1) is 0 Å². The number of hydrogen-bond donors (Lipinski definition) is 0. The number of rotatable bonds is 0. The topological polar surface area (TPSA) is 0 Å². The van der Waals surface area contributed by atoms with Crippen LogP contribution in [0.3, 0.4) is 0 Å². The van der Waals surface area contributed by atoms with Gasteiger partial charge in [0, 0.05) is 0 Å². The third-order valence-corrected chi connectivity index (χ3v) is 2.77. The maximum absolute atomic E-state index is 2.33. The van der Waals surface area contributed by atoms with Crippen LogP contribution in [0.1, 0.15) is 94.9 Å². The fourth-order valence-electron chi connectivity index (χ4n) is 0.884. The van der Waals surface area contributed by atoms with Gasteiger partial charge in [0.25, 0.3) is 0 Å². The average molecular weight is 242 g/mol. The number of hydrogen-bond acceptors (Lipinski definition) is 0. The molecule has 1 aliphatic rings. The van der Waals surface area contributed by atoms with Crippen LogP contribution < -0.4 is 0 Å². The molecule has 0 nitrogen and oxygen atoms in total. The van der Waals surface area contributed by atoms with Gasteiger partial charge < -0.3 is 0 Å². The lowest BCUT2D eigenvalue weighted by molar-refractivity contribution is 0.190. The van der Waals surface area contributed by atoms with E-state index in [2.05, 4.69) is 69.2 Å². The summed E-state index contributed by atoms with van der Waals surface area (Å²) in [4.78, 5) is 0. The first kappa shape index (κ1) is 19.3. The Kier molecular flexibility index (Phi) is 8.46. The summed E-state index contributed by atoms with van der Waals surface area (Å²) in [5, 5.41) is 0. The van der Waals surface area contributed by atoms with Crippen LogP contribution in [0.2, 0.25) is 0 Å². The molecule has 0 unspecified atom stereocenters. The van der Waals surface area contributed by atoms with Crippen molar-refractivity contribution >= 4 is 0 Å². The summed E-state index contributed by atoms with van der Waals surface area (Å²) in [6, 6.07) is 0. The Morgan fingerprint density at radius 3 is 1.00 bits per heavy atom. The van der Waals surface area contributed by atoms with E-state index in [1.54, 1.807) is 0 Å². The Morgan fingerprint density at radius 2 is 1.00 bits per heavy atom. The van der Waals surface area contributed by atoms with Crippen molar-refractivity contribution in [2.24, 2.45) is 16.2 Å². The first-order chi connectivity index (χ1) is 7.27. The fraction of sp³-hybridized carbons (Fsp3) is 1.00. The van der Waals surface area contributed by atoms with E-state index in [9.17, 15) is 0 Å². The van der Waals surface area contributed by atoms with E-state index >= 15 is 0 Å². The Balaban J connectivity index is 0. The van der Waals surface area contributed by atoms with Gasteiger partial charge >= 0.3 is 0 Å². The van der Waals surface area contributed by atoms with Gasteiger partial charge in [0.2, 0.25) is 0 Å². The first-order valence-electron chi connectivity index (χ1n) is 7.27. The summed E-state index contributed by atoms with van der Waals surface area (Å²) in [5.41, 5.74) is 1.76. The van der Waals surface area contributed by atoms with Gasteiger partial charge in [-0.1, -0.05) is 82.1 Å². The predicted octanol–water partition coefficient (Wildman–Crippen LogP) is 6.69. The molecule has 106 valence electrons. The summed E-state index contributed by atoms with van der Waals surface area (Å²) in [5.74, 6) is 0. The van der Waals surface area contributed by atoms with Crippen LogP contribution in [0, 0.1) is 16.2 Å². The lowest BCUT2D eigenvalue weighted by Gasteiger charge is -2.33. The van der Waals surface area contributed by atoms with Gasteiger partial charge in [0.05, 0.1) is 0 Å². The van der Waals surface area contributed by atoms with Gasteiger partial charge in [0.1, 0.15) is 0 Å². The molecule has 0 aromatic carbocycles. The minimum atomic E-state index is 0.500. The molecule has 0 N–H and O–H groups in total. The van der Waals surface area contributed by atoms with E-state index in [1.165, 1.54) is 25.7 Å². The summed E-state index contributed by atoms with van der Waals surface area (Å²) in [6.07, 6.45) is 5.64. The lowest BCUT2D eigenvalue weighted by atomic mass is 9.72. The summed E-state index contributed by atoms with van der Waals surface area (Å²) < 4.78 is 0. The average Bonchev–Trinajstić information content (AvgIpc) is 1.98. The standard InChI is InChI=1S/C6H12.C6H14.C5H12/c1-6(2)4-3-5-6;1-5-6(2,3)4;1-5(2,3)4/h3-5H2,1-2H3;5H2,1-4H3;1-4H3. The zero-order valence-corrected chi connectivity index (χ0v) is 14.3. The first-order valence-corrected chi connectivity index (χ1v) is 7.27. The van der Waals surface area contributed by atoms with Crippen LogP contribution in [-0.2, 0) is 0 Å². The van der Waals surface area contributed by atoms with Crippen molar-refractivity contribution in [3.05, 3.63) is 0 Å². The van der Waals surface area contributed by atoms with Crippen LogP contribution in [0.25, 0.3) is 0 Å². The summed E-state index contributed by atoms with van der Waals surface area (Å²) >= 11 is 0. The van der Waals surface area contributed by atoms with E-state index < -0.39 is 0 Å². The largest absolute Gasteiger partial charge is 0.0649 e. The second-order valence-corrected chi connectivity index (χ2v) is 8.93. The molecule has 0 heterocycles. The Bertz CT molecular complexity index is 151. The highest BCUT2D eigenvalue weighted by Crippen LogP contribution is 2.38. The second kappa shape index (κ2) is 7.44. The van der Waals surface area contributed by atoms with Gasteiger partial charge in [-0.3, -0.25) is 0 Å². The molecular weight excluding hydrogens is 204 g/mol. The molecule has 0 aromatic rings. The Hall–Kier alpha value is 0. The third-order valence-electron chi connectivity index (χ3n) is 2.77. The molecule has 0 aromatic heterocycles. The Labute approximate surface area is 112 Å². The molecule has 0 atom stereocenters.